The summed E-state index contributed by atoms with van der Waals surface area (Å²) in [6.07, 6.45) is 0.900. The van der Waals surface area contributed by atoms with Crippen LogP contribution in [0, 0.1) is 11.6 Å². The molecular weight excluding hydrogens is 405 g/mol. The van der Waals surface area contributed by atoms with Gasteiger partial charge in [0.1, 0.15) is 0 Å². The fourth-order valence-corrected chi connectivity index (χ4v) is 4.65. The topological polar surface area (TPSA) is 48.0 Å². The molecule has 0 aliphatic carbocycles. The molecule has 5 nitrogen and oxygen atoms in total. The lowest BCUT2D eigenvalue weighted by molar-refractivity contribution is -0.195. The molecule has 11 heteroatoms. The molecule has 0 unspecified atom stereocenters. The minimum atomic E-state index is -5.10. The van der Waals surface area contributed by atoms with E-state index < -0.39 is 42.7 Å². The summed E-state index contributed by atoms with van der Waals surface area (Å²) >= 11 is 0. The van der Waals surface area contributed by atoms with Crippen molar-refractivity contribution in [2.24, 2.45) is 0 Å². The van der Waals surface area contributed by atoms with E-state index in [2.05, 4.69) is 0 Å². The smallest absolute Gasteiger partial charge is 0.369 e. The van der Waals surface area contributed by atoms with Gasteiger partial charge in [0.15, 0.2) is 11.6 Å². The van der Waals surface area contributed by atoms with Gasteiger partial charge in [-0.05, 0) is 31.4 Å². The number of nitrogens with zero attached hydrogens (tertiary/aromatic N) is 1. The lowest BCUT2D eigenvalue weighted by atomic mass is 10.2. The van der Waals surface area contributed by atoms with Gasteiger partial charge in [0.2, 0.25) is 0 Å². The Bertz CT molecular complexity index is 628. The Hall–Kier alpha value is -1.56. The molecule has 0 bridgehead atoms. The highest BCUT2D eigenvalue weighted by molar-refractivity contribution is 6.63. The van der Waals surface area contributed by atoms with E-state index in [-0.39, 0.29) is 19.8 Å². The second-order valence-corrected chi connectivity index (χ2v) is 8.41. The van der Waals surface area contributed by atoms with Crippen LogP contribution in [0.15, 0.2) is 18.2 Å². The third-order valence-corrected chi connectivity index (χ3v) is 6.15. The second kappa shape index (κ2) is 10.8. The summed E-state index contributed by atoms with van der Waals surface area (Å²) in [5.74, 6) is -5.28. The van der Waals surface area contributed by atoms with E-state index in [0.717, 1.165) is 6.07 Å². The first-order chi connectivity index (χ1) is 13.2. The Morgan fingerprint density at radius 1 is 1.00 bits per heavy atom. The fraction of sp³-hybridized carbons (Fsp3) is 0.588. The van der Waals surface area contributed by atoms with Gasteiger partial charge in [-0.1, -0.05) is 31.3 Å². The predicted molar refractivity (Wildman–Crippen MR) is 93.1 cm³/mol. The maximum Gasteiger partial charge on any atom is 0.603 e. The second-order valence-electron chi connectivity index (χ2n) is 5.83. The van der Waals surface area contributed by atoms with Crippen LogP contribution in [0.5, 0.6) is 0 Å². The first-order valence-corrected chi connectivity index (χ1v) is 10.6. The van der Waals surface area contributed by atoms with Crippen LogP contribution in [0.25, 0.3) is 0 Å². The summed E-state index contributed by atoms with van der Waals surface area (Å²) in [6, 6.07) is 2.27. The molecule has 1 aromatic rings. The van der Waals surface area contributed by atoms with Gasteiger partial charge in [0.05, 0.1) is 5.56 Å². The zero-order valence-corrected chi connectivity index (χ0v) is 16.9. The number of halogens is 5. The third kappa shape index (κ3) is 5.28. The largest absolute Gasteiger partial charge is 0.603 e. The highest BCUT2D eigenvalue weighted by Crippen LogP contribution is 2.36. The van der Waals surface area contributed by atoms with Crippen molar-refractivity contribution in [2.75, 3.05) is 19.8 Å². The van der Waals surface area contributed by atoms with E-state index in [1.807, 2.05) is 0 Å². The molecule has 0 N–H and O–H groups in total. The molecular formula is C17H24F5NO4Si. The normalized spacial score (nSPS) is 12.3. The SMILES string of the molecule is CCCO[Si](OCCC)(OCCC)C(F)(F)N(F)C(=O)c1cccc(F)c1F. The molecule has 0 atom stereocenters. The quantitative estimate of drug-likeness (QED) is 0.210. The van der Waals surface area contributed by atoms with Gasteiger partial charge in [0, 0.05) is 19.8 Å². The molecule has 0 saturated heterocycles. The highest BCUT2D eigenvalue weighted by atomic mass is 28.4. The third-order valence-electron chi connectivity index (χ3n) is 3.46. The zero-order valence-electron chi connectivity index (χ0n) is 15.9. The number of carbonyl (C=O) groups is 1. The van der Waals surface area contributed by atoms with Crippen LogP contribution < -0.4 is 0 Å². The minimum Gasteiger partial charge on any atom is -0.369 e. The van der Waals surface area contributed by atoms with E-state index in [9.17, 15) is 18.1 Å². The summed E-state index contributed by atoms with van der Waals surface area (Å²) in [6.45, 7) is 4.22. The van der Waals surface area contributed by atoms with Crippen LogP contribution >= 0.6 is 0 Å². The monoisotopic (exact) mass is 429 g/mol. The maximum absolute atomic E-state index is 15.1. The van der Waals surface area contributed by atoms with Gasteiger partial charge in [-0.3, -0.25) is 4.79 Å². The molecule has 1 rings (SSSR count). The van der Waals surface area contributed by atoms with Crippen LogP contribution in [0.4, 0.5) is 22.0 Å². The van der Waals surface area contributed by atoms with Crippen molar-refractivity contribution in [3.05, 3.63) is 35.4 Å². The zero-order chi connectivity index (χ0) is 21.4. The number of carbonyl (C=O) groups excluding carboxylic acids is 1. The van der Waals surface area contributed by atoms with Crippen molar-refractivity contribution in [1.82, 2.24) is 5.12 Å². The highest BCUT2D eigenvalue weighted by Gasteiger charge is 2.71. The van der Waals surface area contributed by atoms with Crippen LogP contribution in [0.3, 0.4) is 0 Å². The Morgan fingerprint density at radius 2 is 1.46 bits per heavy atom. The van der Waals surface area contributed by atoms with E-state index in [0.29, 0.717) is 31.4 Å². The number of rotatable bonds is 12. The maximum atomic E-state index is 15.1. The Labute approximate surface area is 161 Å². The minimum absolute atomic E-state index is 0.231. The molecule has 0 aromatic heterocycles. The molecule has 0 saturated carbocycles. The van der Waals surface area contributed by atoms with Crippen molar-refractivity contribution in [3.8, 4) is 0 Å². The molecule has 0 heterocycles. The average molecular weight is 429 g/mol. The summed E-state index contributed by atoms with van der Waals surface area (Å²) < 4.78 is 87.3. The van der Waals surface area contributed by atoms with E-state index >= 15 is 8.78 Å². The molecule has 0 spiro atoms. The Balaban J connectivity index is 3.33. The molecule has 1 amide bonds. The van der Waals surface area contributed by atoms with Gasteiger partial charge in [-0.2, -0.15) is 8.78 Å². The van der Waals surface area contributed by atoms with Gasteiger partial charge >= 0.3 is 14.5 Å². The molecule has 160 valence electrons. The van der Waals surface area contributed by atoms with Crippen molar-refractivity contribution in [3.63, 3.8) is 0 Å². The van der Waals surface area contributed by atoms with Gasteiger partial charge in [-0.15, -0.1) is 5.12 Å². The number of benzene rings is 1. The van der Waals surface area contributed by atoms with Gasteiger partial charge < -0.3 is 13.3 Å². The van der Waals surface area contributed by atoms with Crippen LogP contribution in [0.2, 0.25) is 0 Å². The Morgan fingerprint density at radius 3 is 1.89 bits per heavy atom. The van der Waals surface area contributed by atoms with E-state index in [4.69, 9.17) is 13.3 Å². The lowest BCUT2D eigenvalue weighted by Gasteiger charge is -2.36. The Kier molecular flexibility index (Phi) is 9.47. The molecule has 1 aromatic carbocycles. The summed E-state index contributed by atoms with van der Waals surface area (Å²) in [4.78, 5) is 12.2. The van der Waals surface area contributed by atoms with Crippen molar-refractivity contribution >= 4 is 14.7 Å². The molecule has 28 heavy (non-hydrogen) atoms. The predicted octanol–water partition coefficient (Wildman–Crippen LogP) is 4.64. The molecule has 0 radical (unpaired) electrons. The number of hydrogen-bond donors (Lipinski definition) is 0. The van der Waals surface area contributed by atoms with Crippen molar-refractivity contribution in [1.29, 1.82) is 0 Å². The molecule has 0 fully saturated rings. The van der Waals surface area contributed by atoms with Crippen molar-refractivity contribution < 1.29 is 40.1 Å². The summed E-state index contributed by atoms with van der Waals surface area (Å²) in [5.41, 5.74) is -5.85. The average Bonchev–Trinajstić information content (AvgIpc) is 2.68. The fourth-order valence-electron chi connectivity index (χ4n) is 2.12. The van der Waals surface area contributed by atoms with Crippen LogP contribution in [0.1, 0.15) is 50.4 Å². The molecule has 0 aliphatic heterocycles. The first-order valence-electron chi connectivity index (χ1n) is 8.92. The number of alkyl halides is 2. The summed E-state index contributed by atoms with van der Waals surface area (Å²) in [7, 11) is -5.10. The number of hydrogen-bond acceptors (Lipinski definition) is 4. The summed E-state index contributed by atoms with van der Waals surface area (Å²) in [5, 5.41) is -1.49. The van der Waals surface area contributed by atoms with Crippen LogP contribution in [-0.2, 0) is 13.3 Å². The standard InChI is InChI=1S/C17H24F5NO4Si/c1-4-10-25-28(26-11-5-2,27-12-6-3)17(20,21)23(22)16(24)13-8-7-9-14(18)15(13)19/h7-9H,4-6,10-12H2,1-3H3. The van der Waals surface area contributed by atoms with E-state index in [1.165, 1.54) is 0 Å². The number of amides is 1. The van der Waals surface area contributed by atoms with Gasteiger partial charge in [0.25, 0.3) is 5.91 Å². The van der Waals surface area contributed by atoms with Crippen LogP contribution in [-0.4, -0.2) is 45.3 Å². The lowest BCUT2D eigenvalue weighted by Crippen LogP contribution is -2.67. The molecule has 0 aliphatic rings. The van der Waals surface area contributed by atoms with E-state index in [1.54, 1.807) is 20.8 Å². The van der Waals surface area contributed by atoms with Gasteiger partial charge in [-0.25, -0.2) is 8.78 Å². The first kappa shape index (κ1) is 24.5. The van der Waals surface area contributed by atoms with Crippen molar-refractivity contribution in [2.45, 2.75) is 45.7 Å².